The highest BCUT2D eigenvalue weighted by molar-refractivity contribution is 6.09. The van der Waals surface area contributed by atoms with Crippen LogP contribution in [0, 0.1) is 11.3 Å². The van der Waals surface area contributed by atoms with E-state index in [-0.39, 0.29) is 5.57 Å². The minimum Gasteiger partial charge on any atom is -0.457 e. The van der Waals surface area contributed by atoms with Gasteiger partial charge in [-0.1, -0.05) is 48.5 Å². The molecule has 0 radical (unpaired) electrons. The Morgan fingerprint density at radius 2 is 1.62 bits per heavy atom. The Bertz CT molecular complexity index is 904. The molecule has 1 amide bonds. The number of hydrogen-bond donors (Lipinski definition) is 1. The molecule has 3 rings (SSSR count). The number of nitriles is 1. The first-order valence-corrected chi connectivity index (χ1v) is 7.40. The number of carbonyl (C=O) groups excluding carboxylic acids is 1. The second kappa shape index (κ2) is 7.12. The van der Waals surface area contributed by atoms with Crippen molar-refractivity contribution in [2.45, 2.75) is 0 Å². The summed E-state index contributed by atoms with van der Waals surface area (Å²) < 4.78 is 5.69. The molecule has 1 N–H and O–H groups in total. The first kappa shape index (κ1) is 15.3. The number of amides is 1. The van der Waals surface area contributed by atoms with E-state index in [1.54, 1.807) is 18.2 Å². The van der Waals surface area contributed by atoms with Crippen molar-refractivity contribution in [1.82, 2.24) is 0 Å². The van der Waals surface area contributed by atoms with Crippen LogP contribution in [-0.4, -0.2) is 5.91 Å². The van der Waals surface area contributed by atoms with Gasteiger partial charge in [0.05, 0.1) is 0 Å². The highest BCUT2D eigenvalue weighted by Crippen LogP contribution is 2.23. The molecule has 4 heteroatoms. The highest BCUT2D eigenvalue weighted by atomic mass is 16.3. The van der Waals surface area contributed by atoms with Gasteiger partial charge < -0.3 is 9.73 Å². The van der Waals surface area contributed by atoms with Crippen LogP contribution in [0.5, 0.6) is 0 Å². The minimum atomic E-state index is -0.471. The number of hydrogen-bond acceptors (Lipinski definition) is 3. The maximum absolute atomic E-state index is 12.2. The molecule has 0 aliphatic rings. The summed E-state index contributed by atoms with van der Waals surface area (Å²) in [6, 6.07) is 24.1. The molecule has 0 saturated heterocycles. The van der Waals surface area contributed by atoms with Gasteiger partial charge in [0, 0.05) is 17.3 Å². The Balaban J connectivity index is 1.80. The quantitative estimate of drug-likeness (QED) is 0.570. The van der Waals surface area contributed by atoms with E-state index in [4.69, 9.17) is 4.42 Å². The Labute approximate surface area is 139 Å². The molecular formula is C20H14N2O2. The van der Waals surface area contributed by atoms with E-state index < -0.39 is 5.91 Å². The van der Waals surface area contributed by atoms with Gasteiger partial charge in [-0.25, -0.2) is 0 Å². The number of anilines is 1. The molecule has 2 aromatic carbocycles. The molecule has 0 atom stereocenters. The molecule has 1 aromatic heterocycles. The van der Waals surface area contributed by atoms with Crippen molar-refractivity contribution in [3.8, 4) is 17.4 Å². The van der Waals surface area contributed by atoms with Crippen molar-refractivity contribution >= 4 is 17.7 Å². The fourth-order valence-corrected chi connectivity index (χ4v) is 2.20. The van der Waals surface area contributed by atoms with Crippen molar-refractivity contribution in [2.24, 2.45) is 0 Å². The first-order valence-electron chi connectivity index (χ1n) is 7.40. The monoisotopic (exact) mass is 314 g/mol. The van der Waals surface area contributed by atoms with Gasteiger partial charge >= 0.3 is 0 Å². The summed E-state index contributed by atoms with van der Waals surface area (Å²) in [7, 11) is 0. The summed E-state index contributed by atoms with van der Waals surface area (Å²) in [5.74, 6) is 0.664. The predicted molar refractivity (Wildman–Crippen MR) is 92.8 cm³/mol. The summed E-state index contributed by atoms with van der Waals surface area (Å²) >= 11 is 0. The molecule has 0 fully saturated rings. The number of nitrogens with zero attached hydrogens (tertiary/aromatic N) is 1. The standard InChI is InChI=1S/C20H14N2O2/c21-14-16(20(23)22-17-9-5-2-6-10-17)13-18-11-12-19(24-18)15-7-3-1-4-8-15/h1-13H,(H,22,23)/b16-13+. The Kier molecular flexibility index (Phi) is 4.55. The maximum Gasteiger partial charge on any atom is 0.266 e. The van der Waals surface area contributed by atoms with E-state index >= 15 is 0 Å². The lowest BCUT2D eigenvalue weighted by Gasteiger charge is -2.03. The lowest BCUT2D eigenvalue weighted by Crippen LogP contribution is -2.13. The number of carbonyl (C=O) groups is 1. The largest absolute Gasteiger partial charge is 0.457 e. The molecule has 0 unspecified atom stereocenters. The lowest BCUT2D eigenvalue weighted by atomic mass is 10.2. The molecule has 116 valence electrons. The Hall–Kier alpha value is -3.58. The third-order valence-electron chi connectivity index (χ3n) is 3.37. The van der Waals surface area contributed by atoms with Crippen LogP contribution in [-0.2, 0) is 4.79 Å². The first-order chi connectivity index (χ1) is 11.8. The van der Waals surface area contributed by atoms with Crippen molar-refractivity contribution in [3.05, 3.63) is 84.1 Å². The van der Waals surface area contributed by atoms with E-state index in [1.165, 1.54) is 6.08 Å². The molecule has 1 heterocycles. The summed E-state index contributed by atoms with van der Waals surface area (Å²) in [5, 5.41) is 11.9. The summed E-state index contributed by atoms with van der Waals surface area (Å²) in [5.41, 5.74) is 1.55. The fourth-order valence-electron chi connectivity index (χ4n) is 2.20. The van der Waals surface area contributed by atoms with Crippen molar-refractivity contribution < 1.29 is 9.21 Å². The average Bonchev–Trinajstić information content (AvgIpc) is 3.10. The number of rotatable bonds is 4. The van der Waals surface area contributed by atoms with Crippen molar-refractivity contribution in [1.29, 1.82) is 5.26 Å². The van der Waals surface area contributed by atoms with E-state index in [9.17, 15) is 10.1 Å². The number of nitrogens with one attached hydrogen (secondary N) is 1. The van der Waals surface area contributed by atoms with Crippen LogP contribution in [0.3, 0.4) is 0 Å². The zero-order valence-corrected chi connectivity index (χ0v) is 12.8. The molecule has 0 saturated carbocycles. The third kappa shape index (κ3) is 3.60. The van der Waals surface area contributed by atoms with Crippen molar-refractivity contribution in [2.75, 3.05) is 5.32 Å². The summed E-state index contributed by atoms with van der Waals surface area (Å²) in [4.78, 5) is 12.2. The van der Waals surface area contributed by atoms with Gasteiger partial charge in [-0.2, -0.15) is 5.26 Å². The van der Waals surface area contributed by atoms with Gasteiger partial charge in [-0.15, -0.1) is 0 Å². The van der Waals surface area contributed by atoms with Crippen LogP contribution in [0.25, 0.3) is 17.4 Å². The van der Waals surface area contributed by atoms with Crippen LogP contribution in [0.2, 0.25) is 0 Å². The zero-order valence-electron chi connectivity index (χ0n) is 12.8. The Morgan fingerprint density at radius 1 is 0.958 bits per heavy atom. The van der Waals surface area contributed by atoms with Crippen LogP contribution >= 0.6 is 0 Å². The average molecular weight is 314 g/mol. The highest BCUT2D eigenvalue weighted by Gasteiger charge is 2.11. The lowest BCUT2D eigenvalue weighted by molar-refractivity contribution is -0.112. The van der Waals surface area contributed by atoms with Gasteiger partial charge in [0.2, 0.25) is 0 Å². The second-order valence-electron chi connectivity index (χ2n) is 5.06. The third-order valence-corrected chi connectivity index (χ3v) is 3.37. The molecule has 0 aliphatic carbocycles. The smallest absolute Gasteiger partial charge is 0.266 e. The Morgan fingerprint density at radius 3 is 2.29 bits per heavy atom. The molecule has 0 spiro atoms. The SMILES string of the molecule is N#C/C(=C\c1ccc(-c2ccccc2)o1)C(=O)Nc1ccccc1. The van der Waals surface area contributed by atoms with Gasteiger partial charge in [0.15, 0.2) is 0 Å². The molecule has 0 aliphatic heterocycles. The topological polar surface area (TPSA) is 66.0 Å². The molecule has 0 bridgehead atoms. The number of benzene rings is 2. The van der Waals surface area contributed by atoms with Crippen LogP contribution < -0.4 is 5.32 Å². The van der Waals surface area contributed by atoms with E-state index in [0.717, 1.165) is 5.56 Å². The normalized spacial score (nSPS) is 10.9. The summed E-state index contributed by atoms with van der Waals surface area (Å²) in [6.45, 7) is 0. The van der Waals surface area contributed by atoms with Crippen LogP contribution in [0.1, 0.15) is 5.76 Å². The van der Waals surface area contributed by atoms with Gasteiger partial charge in [-0.3, -0.25) is 4.79 Å². The molecule has 4 nitrogen and oxygen atoms in total. The van der Waals surface area contributed by atoms with Gasteiger partial charge in [0.25, 0.3) is 5.91 Å². The summed E-state index contributed by atoms with van der Waals surface area (Å²) in [6.07, 6.45) is 1.44. The maximum atomic E-state index is 12.2. The van der Waals surface area contributed by atoms with E-state index in [1.807, 2.05) is 60.7 Å². The van der Waals surface area contributed by atoms with E-state index in [0.29, 0.717) is 17.2 Å². The minimum absolute atomic E-state index is 0.0205. The molecular weight excluding hydrogens is 300 g/mol. The van der Waals surface area contributed by atoms with Gasteiger partial charge in [-0.05, 0) is 24.3 Å². The zero-order chi connectivity index (χ0) is 16.8. The number of para-hydroxylation sites is 1. The van der Waals surface area contributed by atoms with Crippen molar-refractivity contribution in [3.63, 3.8) is 0 Å². The predicted octanol–water partition coefficient (Wildman–Crippen LogP) is 4.49. The van der Waals surface area contributed by atoms with Gasteiger partial charge in [0.1, 0.15) is 23.2 Å². The van der Waals surface area contributed by atoms with Crippen LogP contribution in [0.4, 0.5) is 5.69 Å². The van der Waals surface area contributed by atoms with E-state index in [2.05, 4.69) is 5.32 Å². The second-order valence-corrected chi connectivity index (χ2v) is 5.06. The van der Waals surface area contributed by atoms with Crippen LogP contribution in [0.15, 0.2) is 82.8 Å². The molecule has 24 heavy (non-hydrogen) atoms. The molecule has 3 aromatic rings. The fraction of sp³-hybridized carbons (Fsp3) is 0. The number of furan rings is 1.